The Kier molecular flexibility index (Phi) is 3.74. The fourth-order valence-corrected chi connectivity index (χ4v) is 1.44. The second-order valence-corrected chi connectivity index (χ2v) is 3.85. The fraction of sp³-hybridized carbons (Fsp3) is 0.167. The van der Waals surface area contributed by atoms with E-state index in [2.05, 4.69) is 5.10 Å². The third-order valence-corrected chi connectivity index (χ3v) is 2.34. The average Bonchev–Trinajstić information content (AvgIpc) is 2.76. The first-order chi connectivity index (χ1) is 9.04. The lowest BCUT2D eigenvalue weighted by molar-refractivity contribution is -0.145. The quantitative estimate of drug-likeness (QED) is 0.852. The molecule has 0 fully saturated rings. The van der Waals surface area contributed by atoms with Crippen LogP contribution in [0.1, 0.15) is 5.56 Å². The third kappa shape index (κ3) is 3.51. The molecule has 1 aromatic carbocycles. The van der Waals surface area contributed by atoms with Crippen molar-refractivity contribution in [2.45, 2.75) is 13.2 Å². The highest BCUT2D eigenvalue weighted by Gasteiger charge is 2.07. The van der Waals surface area contributed by atoms with Crippen molar-refractivity contribution >= 4 is 11.8 Å². The summed E-state index contributed by atoms with van der Waals surface area (Å²) >= 11 is 0. The molecule has 100 valence electrons. The number of esters is 1. The number of rotatable bonds is 4. The molecule has 0 unspecified atom stereocenters. The molecule has 0 amide bonds. The van der Waals surface area contributed by atoms with Crippen molar-refractivity contribution in [3.8, 4) is 0 Å². The van der Waals surface area contributed by atoms with Crippen molar-refractivity contribution in [1.29, 1.82) is 0 Å². The van der Waals surface area contributed by atoms with E-state index in [0.29, 0.717) is 11.4 Å². The number of nitrogen functional groups attached to an aromatic ring is 1. The zero-order valence-electron chi connectivity index (χ0n) is 9.85. The molecule has 1 heterocycles. The van der Waals surface area contributed by atoms with E-state index >= 15 is 0 Å². The van der Waals surface area contributed by atoms with E-state index in [0.717, 1.165) is 12.1 Å². The van der Waals surface area contributed by atoms with Crippen LogP contribution in [0.15, 0.2) is 30.5 Å². The molecule has 2 N–H and O–H groups in total. The van der Waals surface area contributed by atoms with Crippen LogP contribution in [-0.2, 0) is 22.7 Å². The maximum atomic E-state index is 12.9. The topological polar surface area (TPSA) is 70.1 Å². The Hall–Kier alpha value is -2.44. The summed E-state index contributed by atoms with van der Waals surface area (Å²) in [5.41, 5.74) is 5.76. The molecule has 0 aliphatic heterocycles. The average molecular weight is 267 g/mol. The highest BCUT2D eigenvalue weighted by atomic mass is 19.2. The minimum absolute atomic E-state index is 0.0964. The van der Waals surface area contributed by atoms with Crippen LogP contribution < -0.4 is 5.73 Å². The lowest BCUT2D eigenvalue weighted by Crippen LogP contribution is -2.14. The van der Waals surface area contributed by atoms with Gasteiger partial charge in [0.15, 0.2) is 11.6 Å². The summed E-state index contributed by atoms with van der Waals surface area (Å²) in [4.78, 5) is 11.5. The molecule has 0 radical (unpaired) electrons. The second-order valence-electron chi connectivity index (χ2n) is 3.85. The van der Waals surface area contributed by atoms with Crippen LogP contribution in [0.2, 0.25) is 0 Å². The van der Waals surface area contributed by atoms with Crippen LogP contribution in [0.25, 0.3) is 0 Å². The first kappa shape index (κ1) is 13.0. The number of carbonyl (C=O) groups excluding carboxylic acids is 1. The van der Waals surface area contributed by atoms with Gasteiger partial charge in [-0.1, -0.05) is 6.07 Å². The Bertz CT molecular complexity index is 598. The first-order valence-electron chi connectivity index (χ1n) is 5.43. The maximum Gasteiger partial charge on any atom is 0.328 e. The van der Waals surface area contributed by atoms with E-state index in [-0.39, 0.29) is 13.2 Å². The minimum Gasteiger partial charge on any atom is -0.459 e. The maximum absolute atomic E-state index is 12.9. The monoisotopic (exact) mass is 267 g/mol. The molecule has 0 bridgehead atoms. The first-order valence-corrected chi connectivity index (χ1v) is 5.43. The molecular formula is C12H11F2N3O2. The van der Waals surface area contributed by atoms with Crippen LogP contribution in [0, 0.1) is 11.6 Å². The van der Waals surface area contributed by atoms with Crippen molar-refractivity contribution in [2.75, 3.05) is 5.73 Å². The van der Waals surface area contributed by atoms with E-state index < -0.39 is 17.6 Å². The summed E-state index contributed by atoms with van der Waals surface area (Å²) in [6.45, 7) is -0.229. The SMILES string of the molecule is Nc1ccn(CC(=O)OCc2ccc(F)c(F)c2)n1. The summed E-state index contributed by atoms with van der Waals surface area (Å²) in [5.74, 6) is -2.17. The molecular weight excluding hydrogens is 256 g/mol. The summed E-state index contributed by atoms with van der Waals surface area (Å²) in [5, 5.41) is 3.82. The Balaban J connectivity index is 1.88. The largest absolute Gasteiger partial charge is 0.459 e. The van der Waals surface area contributed by atoms with E-state index in [1.54, 1.807) is 6.07 Å². The number of hydrogen-bond donors (Lipinski definition) is 1. The highest BCUT2D eigenvalue weighted by Crippen LogP contribution is 2.09. The minimum atomic E-state index is -0.978. The second kappa shape index (κ2) is 5.47. The Morgan fingerprint density at radius 2 is 2.11 bits per heavy atom. The van der Waals surface area contributed by atoms with Gasteiger partial charge in [-0.15, -0.1) is 0 Å². The molecule has 0 atom stereocenters. The molecule has 0 spiro atoms. The molecule has 7 heteroatoms. The van der Waals surface area contributed by atoms with Gasteiger partial charge in [0.05, 0.1) is 0 Å². The van der Waals surface area contributed by atoms with Gasteiger partial charge in [0.2, 0.25) is 0 Å². The molecule has 19 heavy (non-hydrogen) atoms. The van der Waals surface area contributed by atoms with Crippen LogP contribution in [-0.4, -0.2) is 15.7 Å². The number of carbonyl (C=O) groups is 1. The predicted octanol–water partition coefficient (Wildman–Crippen LogP) is 1.49. The summed E-state index contributed by atoms with van der Waals surface area (Å²) in [6, 6.07) is 4.85. The van der Waals surface area contributed by atoms with E-state index in [1.807, 2.05) is 0 Å². The Labute approximate surface area is 107 Å². The fourth-order valence-electron chi connectivity index (χ4n) is 1.44. The molecule has 2 aromatic rings. The van der Waals surface area contributed by atoms with Crippen LogP contribution in [0.4, 0.5) is 14.6 Å². The zero-order chi connectivity index (χ0) is 13.8. The van der Waals surface area contributed by atoms with Crippen molar-refractivity contribution in [2.24, 2.45) is 0 Å². The lowest BCUT2D eigenvalue weighted by Gasteiger charge is -2.05. The van der Waals surface area contributed by atoms with E-state index in [9.17, 15) is 13.6 Å². The molecule has 0 saturated carbocycles. The van der Waals surface area contributed by atoms with Gasteiger partial charge < -0.3 is 10.5 Å². The smallest absolute Gasteiger partial charge is 0.328 e. The summed E-state index contributed by atoms with van der Waals surface area (Å²) in [6.07, 6.45) is 1.54. The molecule has 0 aliphatic rings. The van der Waals surface area contributed by atoms with Crippen LogP contribution in [0.5, 0.6) is 0 Å². The van der Waals surface area contributed by atoms with Gasteiger partial charge >= 0.3 is 5.97 Å². The number of aromatic nitrogens is 2. The van der Waals surface area contributed by atoms with E-state index in [4.69, 9.17) is 10.5 Å². The molecule has 5 nitrogen and oxygen atoms in total. The van der Waals surface area contributed by atoms with E-state index in [1.165, 1.54) is 16.9 Å². The van der Waals surface area contributed by atoms with Crippen molar-refractivity contribution in [1.82, 2.24) is 9.78 Å². The highest BCUT2D eigenvalue weighted by molar-refractivity contribution is 5.69. The Morgan fingerprint density at radius 1 is 1.32 bits per heavy atom. The molecule has 0 aliphatic carbocycles. The normalized spacial score (nSPS) is 10.4. The van der Waals surface area contributed by atoms with Crippen molar-refractivity contribution in [3.05, 3.63) is 47.7 Å². The van der Waals surface area contributed by atoms with Gasteiger partial charge in [-0.05, 0) is 23.8 Å². The van der Waals surface area contributed by atoms with Crippen LogP contribution >= 0.6 is 0 Å². The third-order valence-electron chi connectivity index (χ3n) is 2.34. The predicted molar refractivity (Wildman–Crippen MR) is 62.8 cm³/mol. The van der Waals surface area contributed by atoms with Crippen molar-refractivity contribution in [3.63, 3.8) is 0 Å². The number of hydrogen-bond acceptors (Lipinski definition) is 4. The standard InChI is InChI=1S/C12H11F2N3O2/c13-9-2-1-8(5-10(9)14)7-19-12(18)6-17-4-3-11(15)16-17/h1-5H,6-7H2,(H2,15,16). The summed E-state index contributed by atoms with van der Waals surface area (Å²) < 4.78 is 31.8. The molecule has 2 rings (SSSR count). The Morgan fingerprint density at radius 3 is 2.74 bits per heavy atom. The number of nitrogens with zero attached hydrogens (tertiary/aromatic N) is 2. The van der Waals surface area contributed by atoms with Gasteiger partial charge in [0, 0.05) is 6.20 Å². The number of nitrogens with two attached hydrogens (primary N) is 1. The van der Waals surface area contributed by atoms with Crippen LogP contribution in [0.3, 0.4) is 0 Å². The number of benzene rings is 1. The van der Waals surface area contributed by atoms with Gasteiger partial charge in [-0.25, -0.2) is 8.78 Å². The van der Waals surface area contributed by atoms with Gasteiger partial charge in [-0.3, -0.25) is 9.48 Å². The molecule has 1 aromatic heterocycles. The summed E-state index contributed by atoms with van der Waals surface area (Å²) in [7, 11) is 0. The lowest BCUT2D eigenvalue weighted by atomic mass is 10.2. The van der Waals surface area contributed by atoms with Gasteiger partial charge in [0.25, 0.3) is 0 Å². The number of ether oxygens (including phenoxy) is 1. The van der Waals surface area contributed by atoms with Crippen molar-refractivity contribution < 1.29 is 18.3 Å². The van der Waals surface area contributed by atoms with Gasteiger partial charge in [-0.2, -0.15) is 5.10 Å². The number of anilines is 1. The van der Waals surface area contributed by atoms with Gasteiger partial charge in [0.1, 0.15) is 19.0 Å². The molecule has 0 saturated heterocycles. The number of halogens is 2. The zero-order valence-corrected chi connectivity index (χ0v) is 9.85.